The van der Waals surface area contributed by atoms with Gasteiger partial charge in [0.05, 0.1) is 0 Å². The van der Waals surface area contributed by atoms with Gasteiger partial charge in [-0.15, -0.1) is 0 Å². The van der Waals surface area contributed by atoms with E-state index in [1.54, 1.807) is 0 Å². The molecule has 1 heterocycles. The second-order valence-corrected chi connectivity index (χ2v) is 5.34. The van der Waals surface area contributed by atoms with Crippen molar-refractivity contribution in [3.05, 3.63) is 30.1 Å². The van der Waals surface area contributed by atoms with Gasteiger partial charge in [-0.3, -0.25) is 4.98 Å². The van der Waals surface area contributed by atoms with Crippen molar-refractivity contribution in [2.24, 2.45) is 23.5 Å². The Balaban J connectivity index is 2.03. The minimum Gasteiger partial charge on any atom is -0.324 e. The van der Waals surface area contributed by atoms with Crippen LogP contribution in [0, 0.1) is 17.8 Å². The maximum atomic E-state index is 6.34. The minimum atomic E-state index is 0.170. The van der Waals surface area contributed by atoms with Gasteiger partial charge in [0.1, 0.15) is 0 Å². The lowest BCUT2D eigenvalue weighted by Crippen LogP contribution is -2.29. The zero-order valence-corrected chi connectivity index (χ0v) is 10.3. The van der Waals surface area contributed by atoms with Crippen LogP contribution in [0.1, 0.15) is 44.7 Å². The van der Waals surface area contributed by atoms with Crippen molar-refractivity contribution >= 4 is 0 Å². The molecule has 1 saturated carbocycles. The monoisotopic (exact) mass is 218 g/mol. The quantitative estimate of drug-likeness (QED) is 0.828. The third-order valence-corrected chi connectivity index (χ3v) is 4.22. The number of nitrogens with two attached hydrogens (primary N) is 1. The van der Waals surface area contributed by atoms with Crippen molar-refractivity contribution in [2.45, 2.75) is 39.2 Å². The van der Waals surface area contributed by atoms with Gasteiger partial charge < -0.3 is 5.73 Å². The molecular formula is C14H22N2. The number of rotatable bonds is 2. The maximum absolute atomic E-state index is 6.34. The number of hydrogen-bond donors (Lipinski definition) is 1. The molecule has 2 heteroatoms. The molecule has 1 fully saturated rings. The Labute approximate surface area is 98.3 Å². The fourth-order valence-electron chi connectivity index (χ4n) is 2.76. The van der Waals surface area contributed by atoms with Crippen molar-refractivity contribution in [3.8, 4) is 0 Å². The SMILES string of the molecule is CC1CCC(C(N)c2cccnc2)CC1C. The predicted molar refractivity (Wildman–Crippen MR) is 66.8 cm³/mol. The fourth-order valence-corrected chi connectivity index (χ4v) is 2.76. The molecule has 0 aromatic carbocycles. The van der Waals surface area contributed by atoms with Gasteiger partial charge in [-0.1, -0.05) is 26.3 Å². The van der Waals surface area contributed by atoms with Gasteiger partial charge in [0.2, 0.25) is 0 Å². The van der Waals surface area contributed by atoms with Crippen LogP contribution in [0.25, 0.3) is 0 Å². The van der Waals surface area contributed by atoms with E-state index in [2.05, 4.69) is 24.9 Å². The Hall–Kier alpha value is -0.890. The molecule has 2 N–H and O–H groups in total. The molecular weight excluding hydrogens is 196 g/mol. The summed E-state index contributed by atoms with van der Waals surface area (Å²) in [5.41, 5.74) is 7.53. The lowest BCUT2D eigenvalue weighted by Gasteiger charge is -2.35. The first-order valence-corrected chi connectivity index (χ1v) is 6.34. The van der Waals surface area contributed by atoms with Crippen LogP contribution in [0.2, 0.25) is 0 Å². The molecule has 4 atom stereocenters. The van der Waals surface area contributed by atoms with Crippen molar-refractivity contribution in [1.82, 2.24) is 4.98 Å². The van der Waals surface area contributed by atoms with E-state index in [1.807, 2.05) is 18.5 Å². The first-order valence-electron chi connectivity index (χ1n) is 6.34. The molecule has 0 bridgehead atoms. The topological polar surface area (TPSA) is 38.9 Å². The van der Waals surface area contributed by atoms with Gasteiger partial charge in [-0.05, 0) is 42.2 Å². The van der Waals surface area contributed by atoms with Gasteiger partial charge in [0, 0.05) is 18.4 Å². The van der Waals surface area contributed by atoms with Gasteiger partial charge in [-0.25, -0.2) is 0 Å². The minimum absolute atomic E-state index is 0.170. The molecule has 0 saturated heterocycles. The highest BCUT2D eigenvalue weighted by Gasteiger charge is 2.28. The first-order chi connectivity index (χ1) is 7.68. The van der Waals surface area contributed by atoms with Crippen LogP contribution < -0.4 is 5.73 Å². The molecule has 2 rings (SSSR count). The third-order valence-electron chi connectivity index (χ3n) is 4.22. The molecule has 0 spiro atoms. The van der Waals surface area contributed by atoms with E-state index in [4.69, 9.17) is 5.73 Å². The Morgan fingerprint density at radius 2 is 2.12 bits per heavy atom. The Kier molecular flexibility index (Phi) is 3.59. The van der Waals surface area contributed by atoms with Crippen LogP contribution in [0.4, 0.5) is 0 Å². The Morgan fingerprint density at radius 1 is 1.31 bits per heavy atom. The molecule has 4 unspecified atom stereocenters. The fraction of sp³-hybridized carbons (Fsp3) is 0.643. The molecule has 1 aliphatic rings. The van der Waals surface area contributed by atoms with Crippen molar-refractivity contribution in [1.29, 1.82) is 0 Å². The van der Waals surface area contributed by atoms with E-state index in [1.165, 1.54) is 24.8 Å². The second-order valence-electron chi connectivity index (χ2n) is 5.34. The second kappa shape index (κ2) is 4.96. The molecule has 16 heavy (non-hydrogen) atoms. The van der Waals surface area contributed by atoms with E-state index in [0.717, 1.165) is 11.8 Å². The summed E-state index contributed by atoms with van der Waals surface area (Å²) in [6, 6.07) is 4.24. The largest absolute Gasteiger partial charge is 0.324 e. The van der Waals surface area contributed by atoms with E-state index in [9.17, 15) is 0 Å². The summed E-state index contributed by atoms with van der Waals surface area (Å²) in [5.74, 6) is 2.30. The summed E-state index contributed by atoms with van der Waals surface area (Å²) in [5, 5.41) is 0. The Morgan fingerprint density at radius 3 is 2.75 bits per heavy atom. The van der Waals surface area contributed by atoms with Crippen LogP contribution >= 0.6 is 0 Å². The lowest BCUT2D eigenvalue weighted by molar-refractivity contribution is 0.186. The summed E-state index contributed by atoms with van der Waals surface area (Å²) < 4.78 is 0. The molecule has 1 aliphatic carbocycles. The average molecular weight is 218 g/mol. The summed E-state index contributed by atoms with van der Waals surface area (Å²) in [6.45, 7) is 4.71. The smallest absolute Gasteiger partial charge is 0.0338 e. The van der Waals surface area contributed by atoms with E-state index in [0.29, 0.717) is 5.92 Å². The molecule has 0 aliphatic heterocycles. The summed E-state index contributed by atoms with van der Waals surface area (Å²) >= 11 is 0. The lowest BCUT2D eigenvalue weighted by atomic mass is 9.72. The average Bonchev–Trinajstić information content (AvgIpc) is 2.33. The number of hydrogen-bond acceptors (Lipinski definition) is 2. The zero-order chi connectivity index (χ0) is 11.5. The van der Waals surface area contributed by atoms with E-state index >= 15 is 0 Å². The molecule has 1 aromatic heterocycles. The molecule has 0 radical (unpaired) electrons. The summed E-state index contributed by atoms with van der Waals surface area (Å²) in [6.07, 6.45) is 7.56. The summed E-state index contributed by atoms with van der Waals surface area (Å²) in [7, 11) is 0. The summed E-state index contributed by atoms with van der Waals surface area (Å²) in [4.78, 5) is 4.15. The number of nitrogens with zero attached hydrogens (tertiary/aromatic N) is 1. The number of aromatic nitrogens is 1. The van der Waals surface area contributed by atoms with Gasteiger partial charge in [0.25, 0.3) is 0 Å². The first kappa shape index (κ1) is 11.6. The van der Waals surface area contributed by atoms with Gasteiger partial charge in [0.15, 0.2) is 0 Å². The Bertz CT molecular complexity index is 323. The molecule has 88 valence electrons. The van der Waals surface area contributed by atoms with Crippen LogP contribution in [0.5, 0.6) is 0 Å². The standard InChI is InChI=1S/C14H22N2/c1-10-5-6-12(8-11(10)2)14(15)13-4-3-7-16-9-13/h3-4,7,9-12,14H,5-6,8,15H2,1-2H3. The molecule has 0 amide bonds. The van der Waals surface area contributed by atoms with Crippen LogP contribution in [-0.2, 0) is 0 Å². The third kappa shape index (κ3) is 2.43. The zero-order valence-electron chi connectivity index (χ0n) is 10.3. The van der Waals surface area contributed by atoms with Crippen LogP contribution in [-0.4, -0.2) is 4.98 Å². The van der Waals surface area contributed by atoms with Crippen LogP contribution in [0.3, 0.4) is 0 Å². The highest BCUT2D eigenvalue weighted by molar-refractivity contribution is 5.14. The van der Waals surface area contributed by atoms with Crippen molar-refractivity contribution in [3.63, 3.8) is 0 Å². The predicted octanol–water partition coefficient (Wildman–Crippen LogP) is 3.15. The van der Waals surface area contributed by atoms with E-state index in [-0.39, 0.29) is 6.04 Å². The van der Waals surface area contributed by atoms with Crippen molar-refractivity contribution < 1.29 is 0 Å². The van der Waals surface area contributed by atoms with E-state index < -0.39 is 0 Å². The molecule has 2 nitrogen and oxygen atoms in total. The molecule has 1 aromatic rings. The maximum Gasteiger partial charge on any atom is 0.0338 e. The van der Waals surface area contributed by atoms with Crippen LogP contribution in [0.15, 0.2) is 24.5 Å². The highest BCUT2D eigenvalue weighted by atomic mass is 14.7. The highest BCUT2D eigenvalue weighted by Crippen LogP contribution is 2.38. The van der Waals surface area contributed by atoms with Gasteiger partial charge >= 0.3 is 0 Å². The number of pyridine rings is 1. The normalized spacial score (nSPS) is 32.3. The van der Waals surface area contributed by atoms with Gasteiger partial charge in [-0.2, -0.15) is 0 Å². The van der Waals surface area contributed by atoms with Crippen molar-refractivity contribution in [2.75, 3.05) is 0 Å².